The van der Waals surface area contributed by atoms with E-state index in [2.05, 4.69) is 15.3 Å². The SMILES string of the molecule is COc1cc(C(=O)NC[C@](C)(O)c2cc3c(c(-c4ccc(F)cc4)n2)OCC3(F)C(N)=O)cc2cccnc12. The van der Waals surface area contributed by atoms with Crippen LogP contribution in [0, 0.1) is 5.82 Å². The van der Waals surface area contributed by atoms with E-state index in [-0.39, 0.29) is 34.8 Å². The van der Waals surface area contributed by atoms with Gasteiger partial charge >= 0.3 is 0 Å². The lowest BCUT2D eigenvalue weighted by atomic mass is 9.91. The van der Waals surface area contributed by atoms with Crippen LogP contribution in [0.15, 0.2) is 60.8 Å². The van der Waals surface area contributed by atoms with Crippen molar-refractivity contribution in [2.45, 2.75) is 18.2 Å². The number of primary amides is 1. The molecule has 200 valence electrons. The number of nitrogens with two attached hydrogens (primary N) is 1. The number of rotatable bonds is 7. The molecule has 1 unspecified atom stereocenters. The molecule has 2 aromatic heterocycles. The van der Waals surface area contributed by atoms with Gasteiger partial charge in [-0.05, 0) is 55.5 Å². The number of amides is 2. The molecule has 1 aliphatic heterocycles. The minimum absolute atomic E-state index is 0.0386. The van der Waals surface area contributed by atoms with Gasteiger partial charge < -0.3 is 25.6 Å². The molecule has 2 atom stereocenters. The van der Waals surface area contributed by atoms with E-state index < -0.39 is 35.5 Å². The molecule has 0 fully saturated rings. The molecule has 0 saturated heterocycles. The van der Waals surface area contributed by atoms with Crippen molar-refractivity contribution in [1.82, 2.24) is 15.3 Å². The molecule has 0 saturated carbocycles. The predicted octanol–water partition coefficient (Wildman–Crippen LogP) is 3.12. The third-order valence-electron chi connectivity index (χ3n) is 6.62. The molecule has 0 spiro atoms. The number of carbonyl (C=O) groups is 2. The number of methoxy groups -OCH3 is 1. The van der Waals surface area contributed by atoms with E-state index in [1.54, 1.807) is 24.4 Å². The standard InChI is InChI=1S/C28H24F2N4O5/c1-27(37,13-33-25(35)17-10-16-4-3-9-32-22(16)20(11-17)38-2)21-12-19-24(39-14-28(19,30)26(31)36)23(34-21)15-5-7-18(29)8-6-15/h3-12,37H,13-14H2,1-2H3,(H2,31,36)(H,33,35)/t27-,28?/m0/s1. The molecular weight excluding hydrogens is 510 g/mol. The van der Waals surface area contributed by atoms with Gasteiger partial charge in [0.15, 0.2) is 5.75 Å². The number of hydrogen-bond acceptors (Lipinski definition) is 7. The first-order valence-electron chi connectivity index (χ1n) is 11.9. The molecule has 9 nitrogen and oxygen atoms in total. The van der Waals surface area contributed by atoms with Crippen LogP contribution in [0.3, 0.4) is 0 Å². The van der Waals surface area contributed by atoms with Crippen LogP contribution in [0.1, 0.15) is 28.5 Å². The van der Waals surface area contributed by atoms with Gasteiger partial charge in [0, 0.05) is 28.3 Å². The number of ether oxygens (including phenoxy) is 2. The summed E-state index contributed by atoms with van der Waals surface area (Å²) >= 11 is 0. The summed E-state index contributed by atoms with van der Waals surface area (Å²) < 4.78 is 40.0. The van der Waals surface area contributed by atoms with Crippen molar-refractivity contribution in [1.29, 1.82) is 0 Å². The maximum Gasteiger partial charge on any atom is 0.263 e. The topological polar surface area (TPSA) is 137 Å². The first-order chi connectivity index (χ1) is 18.5. The number of hydrogen-bond donors (Lipinski definition) is 3. The molecule has 39 heavy (non-hydrogen) atoms. The lowest BCUT2D eigenvalue weighted by Gasteiger charge is -2.25. The number of nitrogens with zero attached hydrogens (tertiary/aromatic N) is 2. The van der Waals surface area contributed by atoms with Crippen molar-refractivity contribution in [2.24, 2.45) is 5.73 Å². The van der Waals surface area contributed by atoms with Crippen LogP contribution in [-0.4, -0.2) is 47.2 Å². The Bertz CT molecular complexity index is 1610. The van der Waals surface area contributed by atoms with Crippen LogP contribution >= 0.6 is 0 Å². The average Bonchev–Trinajstić information content (AvgIpc) is 3.29. The van der Waals surface area contributed by atoms with E-state index in [9.17, 15) is 19.1 Å². The van der Waals surface area contributed by atoms with Gasteiger partial charge in [-0.1, -0.05) is 6.07 Å². The van der Waals surface area contributed by atoms with Gasteiger partial charge in [0.25, 0.3) is 17.5 Å². The molecule has 5 rings (SSSR count). The fraction of sp³-hybridized carbons (Fsp3) is 0.214. The molecule has 0 radical (unpaired) electrons. The molecule has 0 bridgehead atoms. The fourth-order valence-corrected chi connectivity index (χ4v) is 4.40. The first-order valence-corrected chi connectivity index (χ1v) is 11.9. The van der Waals surface area contributed by atoms with Crippen molar-refractivity contribution in [3.8, 4) is 22.8 Å². The summed E-state index contributed by atoms with van der Waals surface area (Å²) in [4.78, 5) is 33.8. The van der Waals surface area contributed by atoms with Crippen molar-refractivity contribution >= 4 is 22.7 Å². The summed E-state index contributed by atoms with van der Waals surface area (Å²) in [5.41, 5.74) is 1.87. The van der Waals surface area contributed by atoms with E-state index in [1.165, 1.54) is 50.4 Å². The van der Waals surface area contributed by atoms with Gasteiger partial charge in [0.1, 0.15) is 35.0 Å². The summed E-state index contributed by atoms with van der Waals surface area (Å²) in [6.07, 6.45) is 1.61. The highest BCUT2D eigenvalue weighted by Crippen LogP contribution is 2.46. The van der Waals surface area contributed by atoms with Gasteiger partial charge in [-0.3, -0.25) is 14.6 Å². The number of fused-ring (bicyclic) bond motifs is 2. The highest BCUT2D eigenvalue weighted by atomic mass is 19.1. The zero-order valence-corrected chi connectivity index (χ0v) is 21.0. The number of alkyl halides is 1. The number of carbonyl (C=O) groups excluding carboxylic acids is 2. The number of aromatic nitrogens is 2. The highest BCUT2D eigenvalue weighted by molar-refractivity contribution is 6.00. The lowest BCUT2D eigenvalue weighted by Crippen LogP contribution is -2.40. The Labute approximate surface area is 221 Å². The summed E-state index contributed by atoms with van der Waals surface area (Å²) in [6.45, 7) is 0.375. The summed E-state index contributed by atoms with van der Waals surface area (Å²) in [5.74, 6) is -1.92. The fourth-order valence-electron chi connectivity index (χ4n) is 4.40. The van der Waals surface area contributed by atoms with Gasteiger partial charge in [-0.15, -0.1) is 0 Å². The quantitative estimate of drug-likeness (QED) is 0.331. The van der Waals surface area contributed by atoms with Crippen molar-refractivity contribution in [3.63, 3.8) is 0 Å². The second-order valence-corrected chi connectivity index (χ2v) is 9.40. The van der Waals surface area contributed by atoms with Crippen LogP contribution in [0.5, 0.6) is 11.5 Å². The number of benzene rings is 2. The monoisotopic (exact) mass is 534 g/mol. The summed E-state index contributed by atoms with van der Waals surface area (Å²) in [5, 5.41) is 14.7. The van der Waals surface area contributed by atoms with E-state index in [0.29, 0.717) is 22.2 Å². The molecule has 3 heterocycles. The van der Waals surface area contributed by atoms with Gasteiger partial charge in [-0.25, -0.2) is 13.8 Å². The zero-order valence-electron chi connectivity index (χ0n) is 21.0. The minimum Gasteiger partial charge on any atom is -0.494 e. The number of halogens is 2. The van der Waals surface area contributed by atoms with Crippen molar-refractivity contribution in [3.05, 3.63) is 83.4 Å². The Morgan fingerprint density at radius 3 is 2.67 bits per heavy atom. The largest absolute Gasteiger partial charge is 0.494 e. The van der Waals surface area contributed by atoms with Crippen LogP contribution in [0.4, 0.5) is 8.78 Å². The van der Waals surface area contributed by atoms with Crippen LogP contribution in [-0.2, 0) is 16.1 Å². The first kappa shape index (κ1) is 26.0. The van der Waals surface area contributed by atoms with Crippen LogP contribution in [0.25, 0.3) is 22.2 Å². The second-order valence-electron chi connectivity index (χ2n) is 9.40. The molecule has 4 aromatic rings. The molecule has 2 amide bonds. The van der Waals surface area contributed by atoms with Gasteiger partial charge in [-0.2, -0.15) is 0 Å². The molecule has 0 aliphatic carbocycles. The smallest absolute Gasteiger partial charge is 0.263 e. The lowest BCUT2D eigenvalue weighted by molar-refractivity contribution is -0.130. The second kappa shape index (κ2) is 9.59. The Hall–Kier alpha value is -4.64. The van der Waals surface area contributed by atoms with Crippen molar-refractivity contribution < 1.29 is 33.0 Å². The normalized spacial score (nSPS) is 17.7. The van der Waals surface area contributed by atoms with Gasteiger partial charge in [0.05, 0.1) is 19.3 Å². The minimum atomic E-state index is -2.67. The van der Waals surface area contributed by atoms with E-state index in [1.807, 2.05) is 0 Å². The third-order valence-corrected chi connectivity index (χ3v) is 6.62. The van der Waals surface area contributed by atoms with Crippen molar-refractivity contribution in [2.75, 3.05) is 20.3 Å². The Morgan fingerprint density at radius 2 is 1.97 bits per heavy atom. The maximum absolute atomic E-state index is 15.6. The molecule has 2 aromatic carbocycles. The number of aliphatic hydroxyl groups is 1. The highest BCUT2D eigenvalue weighted by Gasteiger charge is 2.49. The van der Waals surface area contributed by atoms with Crippen LogP contribution in [0.2, 0.25) is 0 Å². The third kappa shape index (κ3) is 4.61. The summed E-state index contributed by atoms with van der Waals surface area (Å²) in [6, 6.07) is 13.1. The Morgan fingerprint density at radius 1 is 1.23 bits per heavy atom. The Kier molecular flexibility index (Phi) is 6.39. The Balaban J connectivity index is 1.49. The zero-order chi connectivity index (χ0) is 27.9. The average molecular weight is 535 g/mol. The number of nitrogens with one attached hydrogen (secondary N) is 1. The van der Waals surface area contributed by atoms with E-state index in [4.69, 9.17) is 15.2 Å². The maximum atomic E-state index is 15.6. The number of pyridine rings is 2. The van der Waals surface area contributed by atoms with Crippen LogP contribution < -0.4 is 20.5 Å². The molecular formula is C28H24F2N4O5. The van der Waals surface area contributed by atoms with E-state index in [0.717, 1.165) is 0 Å². The molecule has 1 aliphatic rings. The summed E-state index contributed by atoms with van der Waals surface area (Å²) in [7, 11) is 1.47. The molecule has 11 heteroatoms. The molecule has 4 N–H and O–H groups in total. The van der Waals surface area contributed by atoms with Gasteiger partial charge in [0.2, 0.25) is 0 Å². The predicted molar refractivity (Wildman–Crippen MR) is 137 cm³/mol. The van der Waals surface area contributed by atoms with E-state index >= 15 is 4.39 Å².